The Kier molecular flexibility index (Phi) is 7.59. The van der Waals surface area contributed by atoms with Crippen LogP contribution >= 0.6 is 0 Å². The molecule has 0 spiro atoms. The summed E-state index contributed by atoms with van der Waals surface area (Å²) in [6, 6.07) is 7.15. The van der Waals surface area contributed by atoms with Crippen LogP contribution in [-0.4, -0.2) is 34.9 Å². The lowest BCUT2D eigenvalue weighted by Crippen LogP contribution is -2.15. The van der Waals surface area contributed by atoms with Gasteiger partial charge in [0, 0.05) is 12.6 Å². The van der Waals surface area contributed by atoms with Gasteiger partial charge in [-0.25, -0.2) is 0 Å². The zero-order valence-corrected chi connectivity index (χ0v) is 11.4. The number of nitrogens with zero attached hydrogens (tertiary/aromatic N) is 1. The summed E-state index contributed by atoms with van der Waals surface area (Å²) in [7, 11) is 0. The molecule has 112 valence electrons. The van der Waals surface area contributed by atoms with E-state index in [4.69, 9.17) is 15.2 Å². The van der Waals surface area contributed by atoms with Gasteiger partial charge in [0.15, 0.2) is 0 Å². The zero-order chi connectivity index (χ0) is 14.8. The molecule has 20 heavy (non-hydrogen) atoms. The van der Waals surface area contributed by atoms with Gasteiger partial charge in [0.1, 0.15) is 5.75 Å². The predicted molar refractivity (Wildman–Crippen MR) is 71.5 cm³/mol. The number of carbonyl (C=O) groups is 1. The first kappa shape index (κ1) is 16.4. The highest BCUT2D eigenvalue weighted by atomic mass is 17.1. The Morgan fingerprint density at radius 3 is 2.40 bits per heavy atom. The topological polar surface area (TPSA) is 91.3 Å². The van der Waals surface area contributed by atoms with Crippen LogP contribution in [0.2, 0.25) is 0 Å². The van der Waals surface area contributed by atoms with Gasteiger partial charge in [-0.15, -0.1) is 0 Å². The lowest BCUT2D eigenvalue weighted by Gasteiger charge is -2.08. The maximum absolute atomic E-state index is 10.9. The summed E-state index contributed by atoms with van der Waals surface area (Å²) in [6.45, 7) is 2.28. The number of hydrogen-bond donors (Lipinski definition) is 3. The van der Waals surface area contributed by atoms with Crippen LogP contribution in [0.1, 0.15) is 26.2 Å². The minimum Gasteiger partial charge on any atom is -0.494 e. The van der Waals surface area contributed by atoms with Gasteiger partial charge in [-0.3, -0.25) is 20.0 Å². The van der Waals surface area contributed by atoms with Crippen molar-refractivity contribution in [2.45, 2.75) is 26.2 Å². The van der Waals surface area contributed by atoms with E-state index in [1.54, 1.807) is 24.3 Å². The van der Waals surface area contributed by atoms with Crippen LogP contribution in [0, 0.1) is 0 Å². The average Bonchev–Trinajstić information content (AvgIpc) is 2.38. The van der Waals surface area contributed by atoms with E-state index >= 15 is 0 Å². The number of unbranched alkanes of at least 4 members (excludes halogenated alkanes) is 2. The fraction of sp³-hybridized carbons (Fsp3) is 0.462. The highest BCUT2D eigenvalue weighted by molar-refractivity contribution is 5.88. The summed E-state index contributed by atoms with van der Waals surface area (Å²) in [5, 5.41) is 19.0. The molecule has 0 aliphatic carbocycles. The van der Waals surface area contributed by atoms with Crippen molar-refractivity contribution in [2.75, 3.05) is 18.5 Å². The van der Waals surface area contributed by atoms with Crippen molar-refractivity contribution < 1.29 is 24.8 Å². The van der Waals surface area contributed by atoms with E-state index in [9.17, 15) is 4.79 Å². The molecule has 3 N–H and O–H groups in total. The van der Waals surface area contributed by atoms with Crippen LogP contribution in [0.3, 0.4) is 0 Å². The van der Waals surface area contributed by atoms with Gasteiger partial charge in [-0.1, -0.05) is 0 Å². The van der Waals surface area contributed by atoms with Gasteiger partial charge in [-0.2, -0.15) is 0 Å². The first-order valence-electron chi connectivity index (χ1n) is 6.39. The Hall–Kier alpha value is -1.67. The van der Waals surface area contributed by atoms with Crippen LogP contribution in [-0.2, 0) is 9.63 Å². The minimum atomic E-state index is -0.285. The van der Waals surface area contributed by atoms with Crippen LogP contribution in [0.15, 0.2) is 24.3 Å². The van der Waals surface area contributed by atoms with E-state index in [0.29, 0.717) is 13.0 Å². The lowest BCUT2D eigenvalue weighted by atomic mass is 10.2. The van der Waals surface area contributed by atoms with Gasteiger partial charge >= 0.3 is 0 Å². The van der Waals surface area contributed by atoms with E-state index in [1.165, 1.54) is 6.92 Å². The molecular formula is C13H20N2O5. The predicted octanol–water partition coefficient (Wildman–Crippen LogP) is 2.21. The molecule has 1 aromatic rings. The maximum Gasteiger partial charge on any atom is 0.221 e. The molecule has 0 aliphatic rings. The van der Waals surface area contributed by atoms with E-state index in [-0.39, 0.29) is 17.9 Å². The van der Waals surface area contributed by atoms with Gasteiger partial charge < -0.3 is 10.1 Å². The average molecular weight is 284 g/mol. The van der Waals surface area contributed by atoms with Crippen molar-refractivity contribution in [3.63, 3.8) is 0 Å². The molecule has 0 radical (unpaired) electrons. The van der Waals surface area contributed by atoms with E-state index < -0.39 is 0 Å². The fourth-order valence-electron chi connectivity index (χ4n) is 1.55. The van der Waals surface area contributed by atoms with Crippen molar-refractivity contribution in [3.8, 4) is 5.75 Å². The summed E-state index contributed by atoms with van der Waals surface area (Å²) >= 11 is 0. The number of nitrogens with one attached hydrogen (secondary N) is 1. The molecular weight excluding hydrogens is 264 g/mol. The SMILES string of the molecule is CC(=O)Nc1ccc(OCCCCCON(O)O)cc1. The van der Waals surface area contributed by atoms with Crippen molar-refractivity contribution in [2.24, 2.45) is 0 Å². The molecule has 7 heteroatoms. The zero-order valence-electron chi connectivity index (χ0n) is 11.4. The molecule has 0 aromatic heterocycles. The molecule has 0 saturated heterocycles. The van der Waals surface area contributed by atoms with Crippen LogP contribution in [0.5, 0.6) is 5.75 Å². The van der Waals surface area contributed by atoms with Crippen molar-refractivity contribution in [3.05, 3.63) is 24.3 Å². The van der Waals surface area contributed by atoms with Crippen molar-refractivity contribution >= 4 is 11.6 Å². The molecule has 0 unspecified atom stereocenters. The second kappa shape index (κ2) is 9.27. The van der Waals surface area contributed by atoms with Crippen LogP contribution in [0.4, 0.5) is 5.69 Å². The van der Waals surface area contributed by atoms with Crippen molar-refractivity contribution in [1.29, 1.82) is 0 Å². The Morgan fingerprint density at radius 2 is 1.80 bits per heavy atom. The van der Waals surface area contributed by atoms with Gasteiger partial charge in [0.05, 0.1) is 18.6 Å². The second-order valence-electron chi connectivity index (χ2n) is 4.20. The quantitative estimate of drug-likeness (QED) is 0.475. The Labute approximate surface area is 117 Å². The van der Waals surface area contributed by atoms with Crippen LogP contribution < -0.4 is 10.1 Å². The highest BCUT2D eigenvalue weighted by Gasteiger charge is 1.98. The second-order valence-corrected chi connectivity index (χ2v) is 4.20. The molecule has 0 heterocycles. The third kappa shape index (κ3) is 7.70. The number of hydrogen-bond acceptors (Lipinski definition) is 6. The molecule has 1 amide bonds. The largest absolute Gasteiger partial charge is 0.494 e. The molecule has 0 bridgehead atoms. The highest BCUT2D eigenvalue weighted by Crippen LogP contribution is 2.16. The number of ether oxygens (including phenoxy) is 1. The smallest absolute Gasteiger partial charge is 0.221 e. The Morgan fingerprint density at radius 1 is 1.15 bits per heavy atom. The number of benzene rings is 1. The number of anilines is 1. The molecule has 0 atom stereocenters. The normalized spacial score (nSPS) is 10.6. The summed E-state index contributed by atoms with van der Waals surface area (Å²) < 4.78 is 5.53. The first-order valence-corrected chi connectivity index (χ1v) is 6.39. The fourth-order valence-corrected chi connectivity index (χ4v) is 1.55. The van der Waals surface area contributed by atoms with E-state index in [1.807, 2.05) is 0 Å². The number of carbonyl (C=O) groups excluding carboxylic acids is 1. The summed E-state index contributed by atoms with van der Waals surface area (Å²) in [6.07, 6.45) is 2.41. The third-order valence-corrected chi connectivity index (χ3v) is 2.44. The molecule has 1 aromatic carbocycles. The summed E-state index contributed by atoms with van der Waals surface area (Å²) in [5.41, 5.74) is 0.736. The summed E-state index contributed by atoms with van der Waals surface area (Å²) in [5.74, 6) is 0.637. The lowest BCUT2D eigenvalue weighted by molar-refractivity contribution is -0.492. The molecule has 0 fully saturated rings. The van der Waals surface area contributed by atoms with Crippen LogP contribution in [0.25, 0.3) is 0 Å². The summed E-state index contributed by atoms with van der Waals surface area (Å²) in [4.78, 5) is 15.3. The van der Waals surface area contributed by atoms with E-state index in [0.717, 1.165) is 24.3 Å². The first-order chi connectivity index (χ1) is 9.58. The maximum atomic E-state index is 10.9. The standard InChI is InChI=1S/C13H20N2O5/c1-11(16)14-12-5-7-13(8-6-12)19-9-3-2-4-10-20-15(17)18/h5-8,17-18H,2-4,9-10H2,1H3,(H,14,16). The molecule has 0 aliphatic heterocycles. The van der Waals surface area contributed by atoms with Gasteiger partial charge in [0.2, 0.25) is 5.91 Å². The monoisotopic (exact) mass is 284 g/mol. The van der Waals surface area contributed by atoms with Gasteiger partial charge in [0.25, 0.3) is 0 Å². The Bertz CT molecular complexity index is 394. The molecule has 1 rings (SSSR count). The van der Waals surface area contributed by atoms with Crippen molar-refractivity contribution in [1.82, 2.24) is 5.39 Å². The minimum absolute atomic E-state index is 0.106. The molecule has 7 nitrogen and oxygen atoms in total. The third-order valence-electron chi connectivity index (χ3n) is 2.44. The number of amides is 1. The van der Waals surface area contributed by atoms with E-state index in [2.05, 4.69) is 10.2 Å². The Balaban J connectivity index is 2.11. The van der Waals surface area contributed by atoms with Gasteiger partial charge in [-0.05, 0) is 43.5 Å². The molecule has 0 saturated carbocycles. The number of rotatable bonds is 9.